The molecule has 12 heavy (non-hydrogen) atoms. The molecular formula is C9H14BrNO. The van der Waals surface area contributed by atoms with Gasteiger partial charge in [0.05, 0.1) is 4.32 Å². The van der Waals surface area contributed by atoms with Gasteiger partial charge in [-0.25, -0.2) is 0 Å². The van der Waals surface area contributed by atoms with E-state index in [2.05, 4.69) is 33.1 Å². The quantitative estimate of drug-likeness (QED) is 0.447. The van der Waals surface area contributed by atoms with Crippen LogP contribution in [-0.4, -0.2) is 16.8 Å². The zero-order chi connectivity index (χ0) is 9.61. The van der Waals surface area contributed by atoms with E-state index in [4.69, 9.17) is 0 Å². The van der Waals surface area contributed by atoms with Crippen LogP contribution in [0.2, 0.25) is 0 Å². The summed E-state index contributed by atoms with van der Waals surface area (Å²) in [5, 5.41) is 2.77. The highest BCUT2D eigenvalue weighted by atomic mass is 79.9. The van der Waals surface area contributed by atoms with E-state index in [1.807, 2.05) is 13.8 Å². The lowest BCUT2D eigenvalue weighted by Crippen LogP contribution is -2.37. The van der Waals surface area contributed by atoms with Gasteiger partial charge in [-0.3, -0.25) is 4.79 Å². The number of hydrogen-bond donors (Lipinski definition) is 1. The molecule has 0 fully saturated rings. The van der Waals surface area contributed by atoms with Gasteiger partial charge < -0.3 is 5.32 Å². The molecule has 0 heterocycles. The summed E-state index contributed by atoms with van der Waals surface area (Å²) in [7, 11) is 0. The Morgan fingerprint density at radius 3 is 2.58 bits per heavy atom. The third-order valence-corrected chi connectivity index (χ3v) is 1.61. The van der Waals surface area contributed by atoms with Crippen molar-refractivity contribution in [1.29, 1.82) is 0 Å². The average molecular weight is 232 g/mol. The summed E-state index contributed by atoms with van der Waals surface area (Å²) >= 11 is 3.27. The third kappa shape index (κ3) is 5.20. The third-order valence-electron chi connectivity index (χ3n) is 1.25. The smallest absolute Gasteiger partial charge is 0.236 e. The molecule has 0 saturated carbocycles. The van der Waals surface area contributed by atoms with Gasteiger partial charge in [0.25, 0.3) is 0 Å². The van der Waals surface area contributed by atoms with E-state index in [9.17, 15) is 4.79 Å². The maximum Gasteiger partial charge on any atom is 0.236 e. The van der Waals surface area contributed by atoms with Crippen LogP contribution in [0.15, 0.2) is 0 Å². The molecule has 0 saturated heterocycles. The van der Waals surface area contributed by atoms with Gasteiger partial charge in [0.15, 0.2) is 0 Å². The summed E-state index contributed by atoms with van der Waals surface area (Å²) in [6.07, 6.45) is 0.714. The van der Waals surface area contributed by atoms with Crippen LogP contribution in [0.3, 0.4) is 0 Å². The van der Waals surface area contributed by atoms with Crippen molar-refractivity contribution in [3.05, 3.63) is 0 Å². The van der Waals surface area contributed by atoms with Crippen molar-refractivity contribution in [2.75, 3.05) is 6.54 Å². The highest BCUT2D eigenvalue weighted by molar-refractivity contribution is 9.10. The Labute approximate surface area is 82.2 Å². The van der Waals surface area contributed by atoms with Gasteiger partial charge in [-0.05, 0) is 20.8 Å². The summed E-state index contributed by atoms with van der Waals surface area (Å²) in [5.74, 6) is 5.64. The van der Waals surface area contributed by atoms with E-state index in [0.717, 1.165) is 0 Å². The molecule has 2 nitrogen and oxygen atoms in total. The van der Waals surface area contributed by atoms with Crippen LogP contribution in [-0.2, 0) is 4.79 Å². The molecule has 0 atom stereocenters. The molecule has 0 aromatic carbocycles. The fraction of sp³-hybridized carbons (Fsp3) is 0.667. The lowest BCUT2D eigenvalue weighted by Gasteiger charge is -2.14. The first-order chi connectivity index (χ1) is 5.48. The Morgan fingerprint density at radius 2 is 2.17 bits per heavy atom. The fourth-order valence-corrected chi connectivity index (χ4v) is 0.714. The van der Waals surface area contributed by atoms with Crippen molar-refractivity contribution < 1.29 is 4.79 Å². The van der Waals surface area contributed by atoms with E-state index in [-0.39, 0.29) is 5.91 Å². The molecule has 3 heteroatoms. The molecule has 0 aromatic rings. The Balaban J connectivity index is 3.63. The topological polar surface area (TPSA) is 29.1 Å². The Bertz CT molecular complexity index is 207. The zero-order valence-electron chi connectivity index (χ0n) is 7.70. The van der Waals surface area contributed by atoms with Crippen LogP contribution in [0.25, 0.3) is 0 Å². The van der Waals surface area contributed by atoms with E-state index in [1.54, 1.807) is 6.92 Å². The van der Waals surface area contributed by atoms with Crippen LogP contribution in [0.5, 0.6) is 0 Å². The molecular weight excluding hydrogens is 218 g/mol. The first-order valence-electron chi connectivity index (χ1n) is 3.85. The second kappa shape index (κ2) is 5.21. The van der Waals surface area contributed by atoms with E-state index in [0.29, 0.717) is 13.0 Å². The zero-order valence-corrected chi connectivity index (χ0v) is 9.29. The van der Waals surface area contributed by atoms with Crippen molar-refractivity contribution >= 4 is 21.8 Å². The van der Waals surface area contributed by atoms with Crippen LogP contribution in [0.4, 0.5) is 0 Å². The molecule has 0 spiro atoms. The van der Waals surface area contributed by atoms with Gasteiger partial charge in [-0.15, -0.1) is 11.8 Å². The summed E-state index contributed by atoms with van der Waals surface area (Å²) in [6, 6.07) is 0. The monoisotopic (exact) mass is 231 g/mol. The van der Waals surface area contributed by atoms with E-state index in [1.165, 1.54) is 0 Å². The molecule has 0 radical (unpaired) electrons. The fourth-order valence-electron chi connectivity index (χ4n) is 0.574. The molecule has 0 aliphatic carbocycles. The maximum absolute atomic E-state index is 11.2. The normalized spacial score (nSPS) is 10.0. The van der Waals surface area contributed by atoms with Gasteiger partial charge in [0.1, 0.15) is 0 Å². The molecule has 0 unspecified atom stereocenters. The number of rotatable bonds is 3. The minimum absolute atomic E-state index is 0.000373. The van der Waals surface area contributed by atoms with Gasteiger partial charge in [0.2, 0.25) is 5.91 Å². The number of halogens is 1. The predicted molar refractivity (Wildman–Crippen MR) is 54.1 cm³/mol. The Morgan fingerprint density at radius 1 is 1.58 bits per heavy atom. The minimum Gasteiger partial charge on any atom is -0.354 e. The van der Waals surface area contributed by atoms with E-state index < -0.39 is 4.32 Å². The van der Waals surface area contributed by atoms with Crippen molar-refractivity contribution in [2.45, 2.75) is 31.5 Å². The number of carbonyl (C=O) groups is 1. The highest BCUT2D eigenvalue weighted by Crippen LogP contribution is 2.14. The number of hydrogen-bond acceptors (Lipinski definition) is 1. The summed E-state index contributed by atoms with van der Waals surface area (Å²) in [5.41, 5.74) is 0. The Kier molecular flexibility index (Phi) is 5.00. The van der Waals surface area contributed by atoms with Crippen LogP contribution in [0, 0.1) is 11.8 Å². The second-order valence-corrected chi connectivity index (χ2v) is 4.89. The predicted octanol–water partition coefficient (Wildman–Crippen LogP) is 1.69. The van der Waals surface area contributed by atoms with Crippen molar-refractivity contribution in [3.63, 3.8) is 0 Å². The van der Waals surface area contributed by atoms with E-state index >= 15 is 0 Å². The molecule has 68 valence electrons. The number of amides is 1. The lowest BCUT2D eigenvalue weighted by molar-refractivity contribution is -0.122. The molecule has 0 rings (SSSR count). The van der Waals surface area contributed by atoms with Crippen LogP contribution < -0.4 is 5.32 Å². The molecule has 1 amide bonds. The number of carbonyl (C=O) groups excluding carboxylic acids is 1. The molecule has 1 N–H and O–H groups in total. The molecule has 0 aliphatic heterocycles. The van der Waals surface area contributed by atoms with Crippen molar-refractivity contribution in [1.82, 2.24) is 5.32 Å². The van der Waals surface area contributed by atoms with Crippen molar-refractivity contribution in [3.8, 4) is 11.8 Å². The van der Waals surface area contributed by atoms with Crippen LogP contribution >= 0.6 is 15.9 Å². The van der Waals surface area contributed by atoms with Gasteiger partial charge >= 0.3 is 0 Å². The summed E-state index contributed by atoms with van der Waals surface area (Å²) in [6.45, 7) is 6.03. The first-order valence-corrected chi connectivity index (χ1v) is 4.64. The number of nitrogens with one attached hydrogen (secondary N) is 1. The van der Waals surface area contributed by atoms with Crippen molar-refractivity contribution in [2.24, 2.45) is 0 Å². The summed E-state index contributed by atoms with van der Waals surface area (Å²) < 4.78 is -0.480. The number of alkyl halides is 1. The summed E-state index contributed by atoms with van der Waals surface area (Å²) in [4.78, 5) is 11.2. The molecule has 0 aliphatic rings. The second-order valence-electron chi connectivity index (χ2n) is 2.91. The highest BCUT2D eigenvalue weighted by Gasteiger charge is 2.22. The van der Waals surface area contributed by atoms with Crippen LogP contribution in [0.1, 0.15) is 27.2 Å². The van der Waals surface area contributed by atoms with Gasteiger partial charge in [-0.2, -0.15) is 0 Å². The Hall–Kier alpha value is -0.490. The first kappa shape index (κ1) is 11.5. The van der Waals surface area contributed by atoms with Gasteiger partial charge in [0, 0.05) is 13.0 Å². The molecule has 0 aromatic heterocycles. The molecule has 0 bridgehead atoms. The minimum atomic E-state index is -0.480. The SMILES string of the molecule is CC#CCCNC(=O)C(C)(C)Br. The standard InChI is InChI=1S/C9H14BrNO/c1-4-5-6-7-11-8(12)9(2,3)10/h6-7H2,1-3H3,(H,11,12). The lowest BCUT2D eigenvalue weighted by atomic mass is 10.2. The van der Waals surface area contributed by atoms with Gasteiger partial charge in [-0.1, -0.05) is 15.9 Å². The average Bonchev–Trinajstić information content (AvgIpc) is 1.96. The maximum atomic E-state index is 11.2. The largest absolute Gasteiger partial charge is 0.354 e.